The molecule has 2 aromatic heterocycles. The van der Waals surface area contributed by atoms with Crippen molar-refractivity contribution in [1.82, 2.24) is 4.98 Å². The minimum absolute atomic E-state index is 0.0850. The van der Waals surface area contributed by atoms with E-state index in [-0.39, 0.29) is 27.8 Å². The van der Waals surface area contributed by atoms with Crippen molar-refractivity contribution >= 4 is 29.2 Å². The van der Waals surface area contributed by atoms with E-state index < -0.39 is 45.9 Å². The van der Waals surface area contributed by atoms with Crippen LogP contribution in [0, 0.1) is 30.4 Å². The first-order chi connectivity index (χ1) is 17.4. The summed E-state index contributed by atoms with van der Waals surface area (Å²) in [6, 6.07) is 15.8. The van der Waals surface area contributed by atoms with E-state index in [1.165, 1.54) is 24.4 Å². The van der Waals surface area contributed by atoms with Gasteiger partial charge in [-0.25, -0.2) is 0 Å². The molecule has 3 heteroatoms. The van der Waals surface area contributed by atoms with E-state index in [0.29, 0.717) is 5.69 Å². The number of rotatable bonds is 3. The van der Waals surface area contributed by atoms with Crippen LogP contribution in [0.25, 0.3) is 31.2 Å². The van der Waals surface area contributed by atoms with Crippen molar-refractivity contribution < 1.29 is 11.0 Å². The van der Waals surface area contributed by atoms with E-state index in [0.717, 1.165) is 17.9 Å². The Labute approximate surface area is 200 Å². The standard InChI is InChI=1S/C27H26N2Te/c1-17-11-19(14-27(3,4)5)9-10-22(17)24-13-25(29-16-18(24)2)23-8-6-7-20-12-21(15-28)30-26(20)23/h6-13,16H,14H2,1-5H3/i1D3,2D3,14D2. The first-order valence-electron chi connectivity index (χ1n) is 13.5. The molecule has 2 heterocycles. The summed E-state index contributed by atoms with van der Waals surface area (Å²) < 4.78 is 68.1. The zero-order valence-electron chi connectivity index (χ0n) is 25.0. The van der Waals surface area contributed by atoms with E-state index in [2.05, 4.69) is 11.1 Å². The molecule has 0 aliphatic rings. The summed E-state index contributed by atoms with van der Waals surface area (Å²) in [5.74, 6) is 0. The predicted octanol–water partition coefficient (Wildman–Crippen LogP) is 6.70. The normalized spacial score (nSPS) is 16.9. The summed E-state index contributed by atoms with van der Waals surface area (Å²) in [6.45, 7) is 0.0398. The van der Waals surface area contributed by atoms with Crippen LogP contribution in [0.2, 0.25) is 0 Å². The molecule has 0 bridgehead atoms. The van der Waals surface area contributed by atoms with Crippen molar-refractivity contribution in [3.63, 3.8) is 0 Å². The summed E-state index contributed by atoms with van der Waals surface area (Å²) >= 11 is -0.934. The maximum atomic E-state index is 9.41. The van der Waals surface area contributed by atoms with Gasteiger partial charge in [0.15, 0.2) is 0 Å². The van der Waals surface area contributed by atoms with E-state index in [9.17, 15) is 5.26 Å². The Morgan fingerprint density at radius 2 is 1.87 bits per heavy atom. The third-order valence-electron chi connectivity index (χ3n) is 4.66. The van der Waals surface area contributed by atoms with Crippen LogP contribution in [-0.2, 0) is 6.37 Å². The van der Waals surface area contributed by atoms with E-state index in [1.807, 2.05) is 24.3 Å². The van der Waals surface area contributed by atoms with Crippen LogP contribution >= 0.6 is 0 Å². The van der Waals surface area contributed by atoms with E-state index in [4.69, 9.17) is 11.0 Å². The molecule has 0 aliphatic carbocycles. The summed E-state index contributed by atoms with van der Waals surface area (Å²) in [6.07, 6.45) is -0.557. The van der Waals surface area contributed by atoms with Gasteiger partial charge in [0.05, 0.1) is 0 Å². The number of nitrogens with zero attached hydrogens (tertiary/aromatic N) is 2. The molecule has 0 spiro atoms. The zero-order chi connectivity index (χ0) is 28.3. The Kier molecular flexibility index (Phi) is 3.51. The Morgan fingerprint density at radius 3 is 2.60 bits per heavy atom. The van der Waals surface area contributed by atoms with Crippen LogP contribution in [0.5, 0.6) is 0 Å². The number of aromatic nitrogens is 1. The Bertz CT molecular complexity index is 1570. The van der Waals surface area contributed by atoms with Crippen LogP contribution in [0.3, 0.4) is 0 Å². The topological polar surface area (TPSA) is 36.7 Å². The Morgan fingerprint density at radius 1 is 1.03 bits per heavy atom. The SMILES string of the molecule is [2H]C([2H])([2H])c1cnc(-c2cccc3cc(C#N)[te]c23)cc1-c1ccc(C([2H])([2H])C(C)(C)C)cc1C([2H])([2H])[2H]. The van der Waals surface area contributed by atoms with Gasteiger partial charge < -0.3 is 0 Å². The first kappa shape index (κ1) is 13.1. The number of hydrogen-bond acceptors (Lipinski definition) is 2. The average molecular weight is 514 g/mol. The molecule has 0 saturated carbocycles. The molecule has 0 N–H and O–H groups in total. The van der Waals surface area contributed by atoms with Crippen molar-refractivity contribution in [3.8, 4) is 28.5 Å². The van der Waals surface area contributed by atoms with Crippen molar-refractivity contribution in [2.45, 2.75) is 40.8 Å². The van der Waals surface area contributed by atoms with Crippen LogP contribution in [-0.4, -0.2) is 25.4 Å². The minimum atomic E-state index is -2.62. The number of fused-ring (bicyclic) bond motifs is 1. The van der Waals surface area contributed by atoms with E-state index in [1.54, 1.807) is 26.8 Å². The van der Waals surface area contributed by atoms with Gasteiger partial charge in [-0.15, -0.1) is 0 Å². The number of hydrogen-bond donors (Lipinski definition) is 0. The quantitative estimate of drug-likeness (QED) is 0.286. The summed E-state index contributed by atoms with van der Waals surface area (Å²) in [7, 11) is 0. The second-order valence-electron chi connectivity index (χ2n) is 8.20. The number of nitriles is 1. The molecule has 2 nitrogen and oxygen atoms in total. The molecule has 30 heavy (non-hydrogen) atoms. The van der Waals surface area contributed by atoms with Gasteiger partial charge in [0.2, 0.25) is 0 Å². The predicted molar refractivity (Wildman–Crippen MR) is 127 cm³/mol. The van der Waals surface area contributed by atoms with E-state index >= 15 is 0 Å². The fourth-order valence-electron chi connectivity index (χ4n) is 3.44. The number of aryl methyl sites for hydroxylation is 2. The molecule has 4 aromatic rings. The second kappa shape index (κ2) is 8.03. The van der Waals surface area contributed by atoms with Gasteiger partial charge in [0, 0.05) is 0 Å². The third-order valence-corrected chi connectivity index (χ3v) is 7.77. The van der Waals surface area contributed by atoms with Crippen molar-refractivity contribution in [2.24, 2.45) is 5.41 Å². The van der Waals surface area contributed by atoms with Gasteiger partial charge in [0.25, 0.3) is 0 Å². The molecule has 2 aromatic carbocycles. The maximum absolute atomic E-state index is 9.41. The molecular weight excluding hydrogens is 480 g/mol. The number of benzene rings is 2. The molecule has 0 radical (unpaired) electrons. The molecule has 150 valence electrons. The molecule has 0 atom stereocenters. The molecular formula is C27H26N2Te. The second-order valence-corrected chi connectivity index (χ2v) is 11.2. The molecule has 0 amide bonds. The van der Waals surface area contributed by atoms with Crippen LogP contribution in [0.4, 0.5) is 0 Å². The Hall–Kier alpha value is -2.39. The molecule has 0 fully saturated rings. The van der Waals surface area contributed by atoms with Gasteiger partial charge in [-0.1, -0.05) is 0 Å². The molecule has 0 unspecified atom stereocenters. The van der Waals surface area contributed by atoms with Gasteiger partial charge in [0.1, 0.15) is 0 Å². The summed E-state index contributed by atoms with van der Waals surface area (Å²) in [4.78, 5) is 4.46. The van der Waals surface area contributed by atoms with Gasteiger partial charge in [-0.3, -0.25) is 0 Å². The van der Waals surface area contributed by atoms with Crippen LogP contribution < -0.4 is 0 Å². The van der Waals surface area contributed by atoms with Gasteiger partial charge >= 0.3 is 200 Å². The average Bonchev–Trinajstić information content (AvgIpc) is 3.25. The van der Waals surface area contributed by atoms with Crippen molar-refractivity contribution in [2.75, 3.05) is 0 Å². The molecule has 0 aliphatic heterocycles. The monoisotopic (exact) mass is 516 g/mol. The van der Waals surface area contributed by atoms with Crippen molar-refractivity contribution in [1.29, 1.82) is 5.26 Å². The molecule has 4 rings (SSSR count). The summed E-state index contributed by atoms with van der Waals surface area (Å²) in [5.41, 5.74) is 0.911. The zero-order valence-corrected chi connectivity index (χ0v) is 19.3. The third kappa shape index (κ3) is 4.22. The summed E-state index contributed by atoms with van der Waals surface area (Å²) in [5, 5.41) is 10.4. The van der Waals surface area contributed by atoms with Gasteiger partial charge in [-0.2, -0.15) is 0 Å². The van der Waals surface area contributed by atoms with Crippen LogP contribution in [0.15, 0.2) is 54.7 Å². The van der Waals surface area contributed by atoms with Crippen LogP contribution in [0.1, 0.15) is 52.0 Å². The fourth-order valence-corrected chi connectivity index (χ4v) is 6.23. The van der Waals surface area contributed by atoms with Gasteiger partial charge in [-0.05, 0) is 0 Å². The van der Waals surface area contributed by atoms with Crippen molar-refractivity contribution in [3.05, 3.63) is 75.0 Å². The Balaban J connectivity index is 2.02. The molecule has 0 saturated heterocycles. The number of pyridine rings is 1. The first-order valence-corrected chi connectivity index (χ1v) is 11.9. The fraction of sp³-hybridized carbons (Fsp3) is 0.259.